The lowest BCUT2D eigenvalue weighted by Crippen LogP contribution is -2.26. The zero-order chi connectivity index (χ0) is 13.9. The Bertz CT molecular complexity index is 588. The second-order valence-electron chi connectivity index (χ2n) is 5.20. The minimum Gasteiger partial charge on any atom is -0.366 e. The van der Waals surface area contributed by atoms with E-state index < -0.39 is 0 Å². The van der Waals surface area contributed by atoms with E-state index in [-0.39, 0.29) is 0 Å². The fourth-order valence-corrected chi connectivity index (χ4v) is 3.69. The third-order valence-electron chi connectivity index (χ3n) is 3.45. The van der Waals surface area contributed by atoms with Crippen molar-refractivity contribution in [2.24, 2.45) is 5.92 Å². The molecule has 0 saturated carbocycles. The molecule has 1 aliphatic heterocycles. The fourth-order valence-electron chi connectivity index (χ4n) is 2.29. The van der Waals surface area contributed by atoms with Gasteiger partial charge in [0.25, 0.3) is 0 Å². The first-order valence-corrected chi connectivity index (χ1v) is 7.99. The summed E-state index contributed by atoms with van der Waals surface area (Å²) in [4.78, 5) is 13.4. The maximum absolute atomic E-state index is 4.61. The van der Waals surface area contributed by atoms with Gasteiger partial charge in [0.15, 0.2) is 5.82 Å². The Balaban J connectivity index is 1.87. The molecule has 4 nitrogen and oxygen atoms in total. The van der Waals surface area contributed by atoms with E-state index in [1.807, 2.05) is 43.0 Å². The zero-order valence-corrected chi connectivity index (χ0v) is 12.5. The van der Waals surface area contributed by atoms with Crippen LogP contribution in [-0.4, -0.2) is 32.5 Å². The number of anilines is 1. The van der Waals surface area contributed by atoms with Crippen LogP contribution in [0.4, 0.5) is 5.82 Å². The number of pyridine rings is 1. The molecule has 0 aliphatic carbocycles. The van der Waals surface area contributed by atoms with Crippen molar-refractivity contribution >= 4 is 17.6 Å². The second-order valence-corrected chi connectivity index (χ2v) is 6.27. The van der Waals surface area contributed by atoms with Gasteiger partial charge in [-0.25, -0.2) is 9.97 Å². The Morgan fingerprint density at radius 2 is 2.15 bits per heavy atom. The van der Waals surface area contributed by atoms with Crippen molar-refractivity contribution in [3.8, 4) is 11.5 Å². The van der Waals surface area contributed by atoms with E-state index in [2.05, 4.69) is 27.2 Å². The summed E-state index contributed by atoms with van der Waals surface area (Å²) in [7, 11) is 0. The maximum atomic E-state index is 4.61. The van der Waals surface area contributed by atoms with Gasteiger partial charge in [0.05, 0.1) is 0 Å². The monoisotopic (exact) mass is 286 g/mol. The molecule has 0 bridgehead atoms. The SMILES string of the molecule is Cc1cc(NC2CSCC2C)nc(-c2ccccn2)n1. The molecule has 5 heteroatoms. The Morgan fingerprint density at radius 3 is 2.85 bits per heavy atom. The van der Waals surface area contributed by atoms with Crippen molar-refractivity contribution < 1.29 is 0 Å². The van der Waals surface area contributed by atoms with Crippen LogP contribution in [0.25, 0.3) is 11.5 Å². The van der Waals surface area contributed by atoms with Gasteiger partial charge in [-0.15, -0.1) is 0 Å². The van der Waals surface area contributed by atoms with Gasteiger partial charge < -0.3 is 5.32 Å². The van der Waals surface area contributed by atoms with E-state index in [9.17, 15) is 0 Å². The molecule has 0 amide bonds. The molecule has 3 heterocycles. The highest BCUT2D eigenvalue weighted by molar-refractivity contribution is 7.99. The second kappa shape index (κ2) is 5.79. The van der Waals surface area contributed by atoms with Gasteiger partial charge in [0.1, 0.15) is 11.5 Å². The highest BCUT2D eigenvalue weighted by Crippen LogP contribution is 2.26. The molecule has 20 heavy (non-hydrogen) atoms. The number of hydrogen-bond donors (Lipinski definition) is 1. The first-order valence-electron chi connectivity index (χ1n) is 6.84. The zero-order valence-electron chi connectivity index (χ0n) is 11.7. The number of hydrogen-bond acceptors (Lipinski definition) is 5. The van der Waals surface area contributed by atoms with E-state index in [0.29, 0.717) is 17.8 Å². The summed E-state index contributed by atoms with van der Waals surface area (Å²) in [5, 5.41) is 3.54. The van der Waals surface area contributed by atoms with Crippen molar-refractivity contribution in [2.75, 3.05) is 16.8 Å². The molecule has 2 unspecified atom stereocenters. The van der Waals surface area contributed by atoms with E-state index in [4.69, 9.17) is 0 Å². The maximum Gasteiger partial charge on any atom is 0.180 e. The predicted octanol–water partition coefficient (Wildman–Crippen LogP) is 3.01. The summed E-state index contributed by atoms with van der Waals surface area (Å²) in [5.41, 5.74) is 1.77. The molecule has 2 atom stereocenters. The third-order valence-corrected chi connectivity index (χ3v) is 4.80. The highest BCUT2D eigenvalue weighted by atomic mass is 32.2. The lowest BCUT2D eigenvalue weighted by atomic mass is 10.1. The molecule has 0 spiro atoms. The van der Waals surface area contributed by atoms with Crippen molar-refractivity contribution in [1.29, 1.82) is 0 Å². The summed E-state index contributed by atoms with van der Waals surface area (Å²) in [6.07, 6.45) is 1.77. The molecule has 104 valence electrons. The molecule has 1 aliphatic rings. The van der Waals surface area contributed by atoms with Crippen molar-refractivity contribution in [3.05, 3.63) is 36.2 Å². The molecule has 2 aromatic heterocycles. The molecular formula is C15H18N4S. The average molecular weight is 286 g/mol. The predicted molar refractivity (Wildman–Crippen MR) is 83.9 cm³/mol. The van der Waals surface area contributed by atoms with Crippen LogP contribution in [0.3, 0.4) is 0 Å². The smallest absolute Gasteiger partial charge is 0.180 e. The van der Waals surface area contributed by atoms with Crippen LogP contribution in [-0.2, 0) is 0 Å². The van der Waals surface area contributed by atoms with Gasteiger partial charge in [-0.2, -0.15) is 11.8 Å². The minimum atomic E-state index is 0.492. The quantitative estimate of drug-likeness (QED) is 0.940. The van der Waals surface area contributed by atoms with E-state index in [1.54, 1.807) is 6.20 Å². The average Bonchev–Trinajstić information content (AvgIpc) is 2.85. The van der Waals surface area contributed by atoms with Gasteiger partial charge in [0.2, 0.25) is 0 Å². The first kappa shape index (κ1) is 13.4. The van der Waals surface area contributed by atoms with Crippen LogP contribution >= 0.6 is 11.8 Å². The van der Waals surface area contributed by atoms with Crippen molar-refractivity contribution in [1.82, 2.24) is 15.0 Å². The molecule has 2 aromatic rings. The van der Waals surface area contributed by atoms with Gasteiger partial charge >= 0.3 is 0 Å². The largest absolute Gasteiger partial charge is 0.366 e. The topological polar surface area (TPSA) is 50.7 Å². The van der Waals surface area contributed by atoms with Crippen LogP contribution in [0.2, 0.25) is 0 Å². The Hall–Kier alpha value is -1.62. The lowest BCUT2D eigenvalue weighted by Gasteiger charge is -2.17. The number of thioether (sulfide) groups is 1. The number of nitrogens with one attached hydrogen (secondary N) is 1. The number of nitrogens with zero attached hydrogens (tertiary/aromatic N) is 3. The number of aryl methyl sites for hydroxylation is 1. The van der Waals surface area contributed by atoms with E-state index >= 15 is 0 Å². The van der Waals surface area contributed by atoms with Gasteiger partial charge in [0, 0.05) is 29.8 Å². The summed E-state index contributed by atoms with van der Waals surface area (Å²) < 4.78 is 0. The summed E-state index contributed by atoms with van der Waals surface area (Å²) >= 11 is 2.00. The Kier molecular flexibility index (Phi) is 3.87. The molecule has 3 rings (SSSR count). The number of aromatic nitrogens is 3. The van der Waals surface area contributed by atoms with Gasteiger partial charge in [-0.05, 0) is 30.7 Å². The van der Waals surface area contributed by atoms with E-state index in [0.717, 1.165) is 23.0 Å². The van der Waals surface area contributed by atoms with Gasteiger partial charge in [-0.3, -0.25) is 4.98 Å². The standard InChI is InChI=1S/C15H18N4S/c1-10-8-20-9-13(10)18-14-7-11(2)17-15(19-14)12-5-3-4-6-16-12/h3-7,10,13H,8-9H2,1-2H3,(H,17,18,19). The lowest BCUT2D eigenvalue weighted by molar-refractivity contribution is 0.597. The van der Waals surface area contributed by atoms with Gasteiger partial charge in [-0.1, -0.05) is 13.0 Å². The van der Waals surface area contributed by atoms with Crippen LogP contribution in [0.1, 0.15) is 12.6 Å². The Labute approximate surface area is 123 Å². The van der Waals surface area contributed by atoms with Crippen molar-refractivity contribution in [2.45, 2.75) is 19.9 Å². The van der Waals surface area contributed by atoms with E-state index in [1.165, 1.54) is 5.75 Å². The summed E-state index contributed by atoms with van der Waals surface area (Å²) in [5.74, 6) is 4.62. The van der Waals surface area contributed by atoms with Crippen LogP contribution in [0.15, 0.2) is 30.5 Å². The summed E-state index contributed by atoms with van der Waals surface area (Å²) in [6.45, 7) is 4.28. The molecular weight excluding hydrogens is 268 g/mol. The van der Waals surface area contributed by atoms with Crippen LogP contribution in [0, 0.1) is 12.8 Å². The Morgan fingerprint density at radius 1 is 1.25 bits per heavy atom. The first-order chi connectivity index (χ1) is 9.72. The molecule has 0 aromatic carbocycles. The molecule has 1 N–H and O–H groups in total. The third kappa shape index (κ3) is 2.93. The minimum absolute atomic E-state index is 0.492. The molecule has 1 fully saturated rings. The highest BCUT2D eigenvalue weighted by Gasteiger charge is 2.24. The van der Waals surface area contributed by atoms with Crippen molar-refractivity contribution in [3.63, 3.8) is 0 Å². The van der Waals surface area contributed by atoms with Crippen LogP contribution in [0.5, 0.6) is 0 Å². The summed E-state index contributed by atoms with van der Waals surface area (Å²) in [6, 6.07) is 8.28. The van der Waals surface area contributed by atoms with Crippen LogP contribution < -0.4 is 5.32 Å². The molecule has 0 radical (unpaired) electrons. The normalized spacial score (nSPS) is 21.9. The fraction of sp³-hybridized carbons (Fsp3) is 0.400. The number of rotatable bonds is 3. The molecule has 1 saturated heterocycles.